The van der Waals surface area contributed by atoms with E-state index in [9.17, 15) is 0 Å². The van der Waals surface area contributed by atoms with Crippen LogP contribution in [0.5, 0.6) is 0 Å². The van der Waals surface area contributed by atoms with Gasteiger partial charge in [0.25, 0.3) is 0 Å². The van der Waals surface area contributed by atoms with Crippen molar-refractivity contribution in [1.82, 2.24) is 34.3 Å². The monoisotopic (exact) mass is 569 g/mol. The third kappa shape index (κ3) is 4.92. The molecule has 5 aromatic rings. The molecule has 7 rings (SSSR count). The van der Waals surface area contributed by atoms with Crippen LogP contribution in [0.4, 0.5) is 17.5 Å². The van der Waals surface area contributed by atoms with Gasteiger partial charge in [-0.25, -0.2) is 15.0 Å². The summed E-state index contributed by atoms with van der Waals surface area (Å²) in [6, 6.07) is 13.3. The summed E-state index contributed by atoms with van der Waals surface area (Å²) in [5, 5.41) is 5.04. The number of likely N-dealkylation sites (N-methyl/N-ethyl adjacent to an activating group) is 1. The topological polar surface area (TPSA) is 104 Å². The fraction of sp³-hybridized carbons (Fsp3) is 0.387. The van der Waals surface area contributed by atoms with Crippen LogP contribution in [0, 0.1) is 6.92 Å². The summed E-state index contributed by atoms with van der Waals surface area (Å²) in [7, 11) is 2.22. The van der Waals surface area contributed by atoms with Gasteiger partial charge < -0.3 is 25.5 Å². The van der Waals surface area contributed by atoms with Gasteiger partial charge in [-0.05, 0) is 75.0 Å². The van der Waals surface area contributed by atoms with Gasteiger partial charge in [0.15, 0.2) is 0 Å². The third-order valence-corrected chi connectivity index (χ3v) is 9.47. The third-order valence-electron chi connectivity index (χ3n) is 9.06. The minimum atomic E-state index is 0.412. The maximum atomic E-state index is 6.45. The zero-order chi connectivity index (χ0) is 28.1. The summed E-state index contributed by atoms with van der Waals surface area (Å²) < 4.78 is 2.36. The van der Waals surface area contributed by atoms with Crippen LogP contribution in [-0.2, 0) is 0 Å². The number of rotatable bonds is 5. The summed E-state index contributed by atoms with van der Waals surface area (Å²) in [6.07, 6.45) is 8.56. The number of anilines is 3. The highest BCUT2D eigenvalue weighted by atomic mass is 35.5. The SMILES string of the molecule is Cc1c(Cl)ccc2nc(Nc3ccc(-c4cn([C@H]5CC[C@@H](N6CCN(C)CC6)CC5)c5ncnc(N)c45)cc3)[nH]c12. The number of aromatic nitrogens is 5. The van der Waals surface area contributed by atoms with E-state index in [2.05, 4.69) is 72.1 Å². The maximum absolute atomic E-state index is 6.45. The molecular formula is C31H36ClN9. The Kier molecular flexibility index (Phi) is 6.81. The number of nitrogen functional groups attached to an aromatic ring is 1. The van der Waals surface area contributed by atoms with Crippen molar-refractivity contribution in [3.05, 3.63) is 59.5 Å². The van der Waals surface area contributed by atoms with Gasteiger partial charge in [0, 0.05) is 60.7 Å². The van der Waals surface area contributed by atoms with Crippen LogP contribution >= 0.6 is 11.6 Å². The number of nitrogens with zero attached hydrogens (tertiary/aromatic N) is 6. The molecule has 0 radical (unpaired) electrons. The molecule has 1 aliphatic carbocycles. The van der Waals surface area contributed by atoms with Crippen LogP contribution in [0.15, 0.2) is 48.9 Å². The number of fused-ring (bicyclic) bond motifs is 2. The number of nitrogens with two attached hydrogens (primary N) is 1. The number of hydrogen-bond acceptors (Lipinski definition) is 7. The standard InChI is InChI=1S/C31H36ClN9/c1-19-25(32)11-12-26-28(19)38-31(37-26)36-21-5-3-20(4-6-21)24-17-41(30-27(24)29(33)34-18-35-30)23-9-7-22(8-10-23)40-15-13-39(2)14-16-40/h3-6,11-12,17-18,22-23H,7-10,13-16H2,1-2H3,(H2,33,34,35)(H2,36,37,38)/t22-,23+. The average Bonchev–Trinajstić information content (AvgIpc) is 3.59. The molecule has 2 aromatic carbocycles. The summed E-state index contributed by atoms with van der Waals surface area (Å²) in [5.74, 6) is 1.20. The lowest BCUT2D eigenvalue weighted by atomic mass is 9.89. The first-order chi connectivity index (χ1) is 19.9. The molecule has 1 saturated heterocycles. The minimum absolute atomic E-state index is 0.412. The zero-order valence-electron chi connectivity index (χ0n) is 23.6. The molecule has 0 amide bonds. The van der Waals surface area contributed by atoms with E-state index < -0.39 is 0 Å². The highest BCUT2D eigenvalue weighted by molar-refractivity contribution is 6.32. The number of imidazole rings is 1. The highest BCUT2D eigenvalue weighted by Gasteiger charge is 2.30. The van der Waals surface area contributed by atoms with Gasteiger partial charge in [-0.1, -0.05) is 23.7 Å². The predicted molar refractivity (Wildman–Crippen MR) is 167 cm³/mol. The zero-order valence-corrected chi connectivity index (χ0v) is 24.3. The van der Waals surface area contributed by atoms with E-state index in [0.717, 1.165) is 62.3 Å². The number of halogens is 1. The van der Waals surface area contributed by atoms with Crippen LogP contribution < -0.4 is 11.1 Å². The molecule has 10 heteroatoms. The first-order valence-electron chi connectivity index (χ1n) is 14.5. The number of H-pyrrole nitrogens is 1. The second-order valence-electron chi connectivity index (χ2n) is 11.6. The summed E-state index contributed by atoms with van der Waals surface area (Å²) in [4.78, 5) is 22.2. The second-order valence-corrected chi connectivity index (χ2v) is 12.0. The van der Waals surface area contributed by atoms with Crippen molar-refractivity contribution in [3.63, 3.8) is 0 Å². The van der Waals surface area contributed by atoms with Crippen molar-refractivity contribution in [2.45, 2.75) is 44.7 Å². The Balaban J connectivity index is 1.12. The van der Waals surface area contributed by atoms with Crippen LogP contribution in [0.25, 0.3) is 33.2 Å². The van der Waals surface area contributed by atoms with Crippen LogP contribution in [-0.4, -0.2) is 73.6 Å². The van der Waals surface area contributed by atoms with Gasteiger partial charge >= 0.3 is 0 Å². The molecule has 0 spiro atoms. The Bertz CT molecular complexity index is 1690. The van der Waals surface area contributed by atoms with E-state index in [1.807, 2.05) is 19.1 Å². The number of aromatic amines is 1. The van der Waals surface area contributed by atoms with E-state index in [0.29, 0.717) is 23.8 Å². The molecule has 0 atom stereocenters. The molecule has 4 N–H and O–H groups in total. The van der Waals surface area contributed by atoms with Crippen molar-refractivity contribution in [2.75, 3.05) is 44.3 Å². The Hall–Kier alpha value is -3.66. The lowest BCUT2D eigenvalue weighted by molar-refractivity contribution is 0.0828. The first-order valence-corrected chi connectivity index (χ1v) is 14.9. The second kappa shape index (κ2) is 10.6. The molecule has 3 aromatic heterocycles. The van der Waals surface area contributed by atoms with Crippen molar-refractivity contribution in [1.29, 1.82) is 0 Å². The normalized spacial score (nSPS) is 20.7. The summed E-state index contributed by atoms with van der Waals surface area (Å²) >= 11 is 6.29. The maximum Gasteiger partial charge on any atom is 0.205 e. The molecule has 2 aliphatic rings. The number of hydrogen-bond donors (Lipinski definition) is 3. The van der Waals surface area contributed by atoms with Gasteiger partial charge in [-0.2, -0.15) is 0 Å². The van der Waals surface area contributed by atoms with Crippen molar-refractivity contribution in [3.8, 4) is 11.1 Å². The fourth-order valence-electron chi connectivity index (χ4n) is 6.61. The Morgan fingerprint density at radius 3 is 2.44 bits per heavy atom. The van der Waals surface area contributed by atoms with E-state index in [1.165, 1.54) is 39.0 Å². The average molecular weight is 570 g/mol. The molecular weight excluding hydrogens is 534 g/mol. The van der Waals surface area contributed by atoms with Gasteiger partial charge in [-0.15, -0.1) is 0 Å². The van der Waals surface area contributed by atoms with Gasteiger partial charge in [0.05, 0.1) is 16.4 Å². The Morgan fingerprint density at radius 1 is 0.951 bits per heavy atom. The molecule has 4 heterocycles. The molecule has 1 saturated carbocycles. The van der Waals surface area contributed by atoms with Gasteiger partial charge in [0.1, 0.15) is 17.8 Å². The Morgan fingerprint density at radius 2 is 1.68 bits per heavy atom. The minimum Gasteiger partial charge on any atom is -0.383 e. The van der Waals surface area contributed by atoms with Crippen molar-refractivity contribution in [2.24, 2.45) is 0 Å². The lowest BCUT2D eigenvalue weighted by Crippen LogP contribution is -2.49. The van der Waals surface area contributed by atoms with E-state index in [1.54, 1.807) is 6.33 Å². The molecule has 0 bridgehead atoms. The summed E-state index contributed by atoms with van der Waals surface area (Å²) in [6.45, 7) is 6.70. The molecule has 0 unspecified atom stereocenters. The van der Waals surface area contributed by atoms with Crippen LogP contribution in [0.2, 0.25) is 5.02 Å². The molecule has 9 nitrogen and oxygen atoms in total. The Labute approximate surface area is 244 Å². The molecule has 41 heavy (non-hydrogen) atoms. The number of nitrogens with one attached hydrogen (secondary N) is 2. The number of aryl methyl sites for hydroxylation is 1. The van der Waals surface area contributed by atoms with E-state index in [-0.39, 0.29) is 0 Å². The number of benzene rings is 2. The number of piperazine rings is 1. The predicted octanol–water partition coefficient (Wildman–Crippen LogP) is 5.99. The molecule has 1 aliphatic heterocycles. The molecule has 212 valence electrons. The van der Waals surface area contributed by atoms with E-state index in [4.69, 9.17) is 22.3 Å². The lowest BCUT2D eigenvalue weighted by Gasteiger charge is -2.41. The van der Waals surface area contributed by atoms with Crippen molar-refractivity contribution >= 4 is 51.1 Å². The molecule has 2 fully saturated rings. The van der Waals surface area contributed by atoms with Gasteiger partial charge in [0.2, 0.25) is 5.95 Å². The van der Waals surface area contributed by atoms with Crippen molar-refractivity contribution < 1.29 is 0 Å². The summed E-state index contributed by atoms with van der Waals surface area (Å²) in [5.41, 5.74) is 13.3. The van der Waals surface area contributed by atoms with Crippen LogP contribution in [0.1, 0.15) is 37.3 Å². The highest BCUT2D eigenvalue weighted by Crippen LogP contribution is 2.39. The smallest absolute Gasteiger partial charge is 0.205 e. The largest absolute Gasteiger partial charge is 0.383 e. The van der Waals surface area contributed by atoms with E-state index >= 15 is 0 Å². The fourth-order valence-corrected chi connectivity index (χ4v) is 6.77. The quantitative estimate of drug-likeness (QED) is 0.239. The van der Waals surface area contributed by atoms with Crippen LogP contribution in [0.3, 0.4) is 0 Å². The first kappa shape index (κ1) is 26.3. The van der Waals surface area contributed by atoms with Gasteiger partial charge in [-0.3, -0.25) is 4.90 Å².